The maximum Gasteiger partial charge on any atom is 0.224 e. The van der Waals surface area contributed by atoms with Gasteiger partial charge in [-0.05, 0) is 36.7 Å². The Kier molecular flexibility index (Phi) is 6.62. The molecular formula is C17H25ClN2O2S. The first kappa shape index (κ1) is 18.4. The lowest BCUT2D eigenvalue weighted by atomic mass is 9.84. The van der Waals surface area contributed by atoms with Gasteiger partial charge >= 0.3 is 0 Å². The summed E-state index contributed by atoms with van der Waals surface area (Å²) in [5.74, 6) is 2.08. The number of amides is 1. The molecule has 1 amide bonds. The Morgan fingerprint density at radius 3 is 2.57 bits per heavy atom. The highest BCUT2D eigenvalue weighted by Crippen LogP contribution is 2.47. The Morgan fingerprint density at radius 1 is 1.22 bits per heavy atom. The van der Waals surface area contributed by atoms with Gasteiger partial charge in [-0.1, -0.05) is 30.3 Å². The summed E-state index contributed by atoms with van der Waals surface area (Å²) in [6, 6.07) is 9.82. The summed E-state index contributed by atoms with van der Waals surface area (Å²) in [6.45, 7) is 0.471. The predicted molar refractivity (Wildman–Crippen MR) is 95.7 cm³/mol. The lowest BCUT2D eigenvalue weighted by Gasteiger charge is -2.26. The predicted octanol–water partition coefficient (Wildman–Crippen LogP) is 1.85. The fraction of sp³-hybridized carbons (Fsp3) is 0.588. The molecule has 4 nitrogen and oxygen atoms in total. The molecule has 23 heavy (non-hydrogen) atoms. The monoisotopic (exact) mass is 356 g/mol. The van der Waals surface area contributed by atoms with Crippen molar-refractivity contribution in [2.75, 3.05) is 12.3 Å². The summed E-state index contributed by atoms with van der Waals surface area (Å²) in [7, 11) is -0.945. The third-order valence-corrected chi connectivity index (χ3v) is 6.40. The largest absolute Gasteiger partial charge is 0.355 e. The molecule has 0 heterocycles. The molecule has 2 saturated carbocycles. The second-order valence-corrected chi connectivity index (χ2v) is 8.08. The Bertz CT molecular complexity index is 553. The number of nitrogens with one attached hydrogen (secondary N) is 1. The lowest BCUT2D eigenvalue weighted by molar-refractivity contribution is -0.126. The van der Waals surface area contributed by atoms with Gasteiger partial charge in [0.2, 0.25) is 5.91 Å². The molecular weight excluding hydrogens is 332 g/mol. The highest BCUT2D eigenvalue weighted by molar-refractivity contribution is 7.84. The molecule has 5 atom stereocenters. The SMILES string of the molecule is Cl.NC1C2CCC(C2)C1C(=O)NCCS(=O)Cc1ccccc1. The number of rotatable bonds is 6. The van der Waals surface area contributed by atoms with Crippen LogP contribution in [0.1, 0.15) is 24.8 Å². The van der Waals surface area contributed by atoms with Crippen LogP contribution in [0.4, 0.5) is 0 Å². The third-order valence-electron chi connectivity index (χ3n) is 5.08. The van der Waals surface area contributed by atoms with Crippen molar-refractivity contribution >= 4 is 29.1 Å². The molecule has 2 fully saturated rings. The van der Waals surface area contributed by atoms with Crippen molar-refractivity contribution < 1.29 is 9.00 Å². The number of carbonyl (C=O) groups excluding carboxylic acids is 1. The summed E-state index contributed by atoms with van der Waals surface area (Å²) >= 11 is 0. The van der Waals surface area contributed by atoms with Gasteiger partial charge in [0.15, 0.2) is 0 Å². The van der Waals surface area contributed by atoms with Crippen LogP contribution in [0.2, 0.25) is 0 Å². The van der Waals surface area contributed by atoms with E-state index >= 15 is 0 Å². The van der Waals surface area contributed by atoms with Gasteiger partial charge in [-0.15, -0.1) is 12.4 Å². The van der Waals surface area contributed by atoms with Crippen molar-refractivity contribution in [2.45, 2.75) is 31.1 Å². The maximum absolute atomic E-state index is 12.3. The van der Waals surface area contributed by atoms with Crippen molar-refractivity contribution in [2.24, 2.45) is 23.5 Å². The van der Waals surface area contributed by atoms with Gasteiger partial charge in [-0.3, -0.25) is 9.00 Å². The third kappa shape index (κ3) is 4.34. The molecule has 0 aromatic heterocycles. The molecule has 5 unspecified atom stereocenters. The van der Waals surface area contributed by atoms with Crippen LogP contribution in [0.15, 0.2) is 30.3 Å². The van der Waals surface area contributed by atoms with Gasteiger partial charge in [0.05, 0.1) is 5.92 Å². The fourth-order valence-electron chi connectivity index (χ4n) is 3.96. The summed E-state index contributed by atoms with van der Waals surface area (Å²) < 4.78 is 12.0. The van der Waals surface area contributed by atoms with Crippen molar-refractivity contribution in [3.8, 4) is 0 Å². The van der Waals surface area contributed by atoms with E-state index in [4.69, 9.17) is 5.73 Å². The number of carbonyl (C=O) groups is 1. The second-order valence-electron chi connectivity index (χ2n) is 6.50. The first-order chi connectivity index (χ1) is 10.6. The Hall–Kier alpha value is -0.910. The van der Waals surface area contributed by atoms with Gasteiger partial charge < -0.3 is 11.1 Å². The summed E-state index contributed by atoms with van der Waals surface area (Å²) in [5.41, 5.74) is 7.25. The number of hydrogen-bond donors (Lipinski definition) is 2. The Morgan fingerprint density at radius 2 is 1.91 bits per heavy atom. The number of halogens is 1. The van der Waals surface area contributed by atoms with Gasteiger partial charge in [-0.2, -0.15) is 0 Å². The van der Waals surface area contributed by atoms with E-state index < -0.39 is 10.8 Å². The van der Waals surface area contributed by atoms with Crippen LogP contribution in [-0.4, -0.2) is 28.5 Å². The van der Waals surface area contributed by atoms with Crippen LogP contribution in [0.3, 0.4) is 0 Å². The zero-order valence-electron chi connectivity index (χ0n) is 13.1. The van der Waals surface area contributed by atoms with Crippen molar-refractivity contribution in [1.82, 2.24) is 5.32 Å². The van der Waals surface area contributed by atoms with E-state index in [-0.39, 0.29) is 30.3 Å². The van der Waals surface area contributed by atoms with Crippen LogP contribution in [0.5, 0.6) is 0 Å². The van der Waals surface area contributed by atoms with E-state index in [9.17, 15) is 9.00 Å². The minimum Gasteiger partial charge on any atom is -0.355 e. The van der Waals surface area contributed by atoms with Crippen LogP contribution in [0, 0.1) is 17.8 Å². The molecule has 2 aliphatic carbocycles. The first-order valence-electron chi connectivity index (χ1n) is 8.07. The van der Waals surface area contributed by atoms with Crippen LogP contribution in [-0.2, 0) is 21.3 Å². The van der Waals surface area contributed by atoms with Gasteiger partial charge in [0.25, 0.3) is 0 Å². The minimum atomic E-state index is -0.945. The van der Waals surface area contributed by atoms with E-state index in [0.717, 1.165) is 18.4 Å². The average molecular weight is 357 g/mol. The standard InChI is InChI=1S/C17H24N2O2S.ClH/c18-16-14-7-6-13(10-14)15(16)17(20)19-8-9-22(21)11-12-4-2-1-3-5-12;/h1-5,13-16H,6-11,18H2,(H,19,20);1H. The van der Waals surface area contributed by atoms with Gasteiger partial charge in [-0.25, -0.2) is 0 Å². The van der Waals surface area contributed by atoms with E-state index in [1.165, 1.54) is 6.42 Å². The first-order valence-corrected chi connectivity index (χ1v) is 9.56. The molecule has 3 rings (SSSR count). The number of benzene rings is 1. The summed E-state index contributed by atoms with van der Waals surface area (Å²) in [6.07, 6.45) is 3.42. The van der Waals surface area contributed by atoms with E-state index in [0.29, 0.717) is 29.9 Å². The summed E-state index contributed by atoms with van der Waals surface area (Å²) in [5, 5.41) is 2.94. The Labute approximate surface area is 146 Å². The van der Waals surface area contributed by atoms with Crippen molar-refractivity contribution in [3.05, 3.63) is 35.9 Å². The quantitative estimate of drug-likeness (QED) is 0.817. The summed E-state index contributed by atoms with van der Waals surface area (Å²) in [4.78, 5) is 12.3. The van der Waals surface area contributed by atoms with Crippen molar-refractivity contribution in [1.29, 1.82) is 0 Å². The maximum atomic E-state index is 12.3. The molecule has 6 heteroatoms. The van der Waals surface area contributed by atoms with Crippen LogP contribution in [0.25, 0.3) is 0 Å². The zero-order valence-corrected chi connectivity index (χ0v) is 14.8. The normalized spacial score (nSPS) is 29.8. The molecule has 128 valence electrons. The molecule has 3 N–H and O–H groups in total. The van der Waals surface area contributed by atoms with Crippen LogP contribution >= 0.6 is 12.4 Å². The highest BCUT2D eigenvalue weighted by Gasteiger charge is 2.48. The van der Waals surface area contributed by atoms with Gasteiger partial charge in [0, 0.05) is 34.9 Å². The average Bonchev–Trinajstić information content (AvgIpc) is 3.09. The smallest absolute Gasteiger partial charge is 0.224 e. The van der Waals surface area contributed by atoms with Crippen molar-refractivity contribution in [3.63, 3.8) is 0 Å². The number of hydrogen-bond acceptors (Lipinski definition) is 3. The van der Waals surface area contributed by atoms with Gasteiger partial charge in [0.1, 0.15) is 0 Å². The Balaban J connectivity index is 0.00000192. The van der Waals surface area contributed by atoms with E-state index in [1.807, 2.05) is 30.3 Å². The fourth-order valence-corrected chi connectivity index (χ4v) is 5.00. The lowest BCUT2D eigenvalue weighted by Crippen LogP contribution is -2.46. The topological polar surface area (TPSA) is 72.2 Å². The molecule has 2 aliphatic rings. The van der Waals surface area contributed by atoms with E-state index in [2.05, 4.69) is 5.32 Å². The molecule has 0 radical (unpaired) electrons. The highest BCUT2D eigenvalue weighted by atomic mass is 35.5. The van der Waals surface area contributed by atoms with Crippen LogP contribution < -0.4 is 11.1 Å². The number of nitrogens with two attached hydrogens (primary N) is 1. The number of fused-ring (bicyclic) bond motifs is 2. The molecule has 0 spiro atoms. The molecule has 0 saturated heterocycles. The minimum absolute atomic E-state index is 0. The molecule has 1 aromatic rings. The second kappa shape index (κ2) is 8.27. The molecule has 0 aliphatic heterocycles. The van der Waals surface area contributed by atoms with E-state index in [1.54, 1.807) is 0 Å². The molecule has 2 bridgehead atoms. The molecule has 1 aromatic carbocycles. The zero-order chi connectivity index (χ0) is 15.5.